The molecule has 0 bridgehead atoms. The summed E-state index contributed by atoms with van der Waals surface area (Å²) in [6.07, 6.45) is 7.66. The van der Waals surface area contributed by atoms with Crippen LogP contribution in [0.25, 0.3) is 22.6 Å². The van der Waals surface area contributed by atoms with Gasteiger partial charge in [0, 0.05) is 18.0 Å². The lowest BCUT2D eigenvalue weighted by molar-refractivity contribution is 0.836. The zero-order valence-electron chi connectivity index (χ0n) is 15.0. The van der Waals surface area contributed by atoms with Gasteiger partial charge in [0.1, 0.15) is 10.7 Å². The Hall–Kier alpha value is -2.79. The molecule has 0 N–H and O–H groups in total. The Bertz CT molecular complexity index is 1030. The van der Waals surface area contributed by atoms with Crippen molar-refractivity contribution in [3.8, 4) is 22.6 Å². The minimum absolute atomic E-state index is 0.974. The second-order valence-corrected chi connectivity index (χ2v) is 7.04. The molecule has 0 radical (unpaired) electrons. The van der Waals surface area contributed by atoms with E-state index in [0.717, 1.165) is 27.7 Å². The van der Waals surface area contributed by atoms with Gasteiger partial charge in [0.25, 0.3) is 0 Å². The Morgan fingerprint density at radius 3 is 2.46 bits per heavy atom. The zero-order valence-corrected chi connectivity index (χ0v) is 15.9. The first kappa shape index (κ1) is 16.7. The first-order valence-electron chi connectivity index (χ1n) is 8.47. The van der Waals surface area contributed by atoms with Crippen LogP contribution in [0.4, 0.5) is 0 Å². The number of benzene rings is 2. The van der Waals surface area contributed by atoms with Gasteiger partial charge in [-0.2, -0.15) is 5.10 Å². The highest BCUT2D eigenvalue weighted by Crippen LogP contribution is 2.36. The summed E-state index contributed by atoms with van der Waals surface area (Å²) in [7, 11) is 0. The van der Waals surface area contributed by atoms with Gasteiger partial charge in [-0.1, -0.05) is 48.0 Å². The third kappa shape index (κ3) is 2.84. The van der Waals surface area contributed by atoms with Gasteiger partial charge in [0.2, 0.25) is 0 Å². The molecule has 0 saturated carbocycles. The Kier molecular flexibility index (Phi) is 4.39. The Balaban J connectivity index is 2.06. The molecule has 2 heterocycles. The molecule has 4 rings (SSSR count). The van der Waals surface area contributed by atoms with Crippen molar-refractivity contribution in [2.45, 2.75) is 18.9 Å². The van der Waals surface area contributed by atoms with Gasteiger partial charge < -0.3 is 4.57 Å². The molecule has 5 heteroatoms. The summed E-state index contributed by atoms with van der Waals surface area (Å²) in [5.41, 5.74) is 6.80. The van der Waals surface area contributed by atoms with Gasteiger partial charge in [-0.15, -0.1) is 11.8 Å². The van der Waals surface area contributed by atoms with E-state index in [1.165, 1.54) is 11.1 Å². The molecule has 0 amide bonds. The Morgan fingerprint density at radius 2 is 1.81 bits per heavy atom. The van der Waals surface area contributed by atoms with Crippen molar-refractivity contribution < 1.29 is 0 Å². The van der Waals surface area contributed by atoms with Crippen LogP contribution in [0.1, 0.15) is 11.1 Å². The molecule has 0 aliphatic rings. The van der Waals surface area contributed by atoms with Crippen LogP contribution in [0.2, 0.25) is 0 Å². The number of aryl methyl sites for hydroxylation is 2. The van der Waals surface area contributed by atoms with Crippen LogP contribution >= 0.6 is 11.8 Å². The summed E-state index contributed by atoms with van der Waals surface area (Å²) in [4.78, 5) is 4.24. The fourth-order valence-electron chi connectivity index (χ4n) is 3.22. The Morgan fingerprint density at radius 1 is 1.00 bits per heavy atom. The predicted molar refractivity (Wildman–Crippen MR) is 107 cm³/mol. The van der Waals surface area contributed by atoms with Crippen molar-refractivity contribution in [2.24, 2.45) is 0 Å². The average molecular weight is 360 g/mol. The third-order valence-electron chi connectivity index (χ3n) is 4.41. The number of hydrogen-bond acceptors (Lipinski definition) is 3. The molecule has 4 nitrogen and oxygen atoms in total. The quantitative estimate of drug-likeness (QED) is 0.477. The summed E-state index contributed by atoms with van der Waals surface area (Å²) < 4.78 is 4.10. The highest BCUT2D eigenvalue weighted by Gasteiger charge is 2.22. The van der Waals surface area contributed by atoms with Gasteiger partial charge in [0.15, 0.2) is 0 Å². The molecule has 4 aromatic rings. The molecule has 0 fully saturated rings. The summed E-state index contributed by atoms with van der Waals surface area (Å²) >= 11 is 1.65. The topological polar surface area (TPSA) is 35.6 Å². The SMILES string of the molecule is CSc1nn(-c2ccc(C)cc2C)c(-c2ccccc2)c1-n1ccnc1. The van der Waals surface area contributed by atoms with E-state index < -0.39 is 0 Å². The van der Waals surface area contributed by atoms with Crippen molar-refractivity contribution in [3.63, 3.8) is 0 Å². The second kappa shape index (κ2) is 6.84. The standard InChI is InChI=1S/C21H20N4S/c1-15-9-10-18(16(2)13-15)25-19(17-7-5-4-6-8-17)20(21(23-25)26-3)24-12-11-22-14-24/h4-14H,1-3H3. The largest absolute Gasteiger partial charge is 0.302 e. The monoisotopic (exact) mass is 360 g/mol. The number of rotatable bonds is 4. The van der Waals surface area contributed by atoms with Crippen LogP contribution in [0.3, 0.4) is 0 Å². The van der Waals surface area contributed by atoms with Gasteiger partial charge in [0.05, 0.1) is 17.7 Å². The van der Waals surface area contributed by atoms with Crippen molar-refractivity contribution in [1.29, 1.82) is 0 Å². The van der Waals surface area contributed by atoms with E-state index in [-0.39, 0.29) is 0 Å². The van der Waals surface area contributed by atoms with Crippen molar-refractivity contribution in [1.82, 2.24) is 19.3 Å². The van der Waals surface area contributed by atoms with E-state index >= 15 is 0 Å². The smallest absolute Gasteiger partial charge is 0.143 e. The molecule has 130 valence electrons. The van der Waals surface area contributed by atoms with E-state index in [1.807, 2.05) is 23.2 Å². The van der Waals surface area contributed by atoms with Crippen LogP contribution in [-0.4, -0.2) is 25.6 Å². The van der Waals surface area contributed by atoms with Crippen LogP contribution in [0.15, 0.2) is 72.3 Å². The molecule has 0 atom stereocenters. The zero-order chi connectivity index (χ0) is 18.1. The first-order chi connectivity index (χ1) is 12.7. The van der Waals surface area contributed by atoms with E-state index in [4.69, 9.17) is 5.10 Å². The molecule has 0 saturated heterocycles. The van der Waals surface area contributed by atoms with E-state index in [9.17, 15) is 0 Å². The maximum atomic E-state index is 4.95. The lowest BCUT2D eigenvalue weighted by Gasteiger charge is -2.13. The highest BCUT2D eigenvalue weighted by molar-refractivity contribution is 7.98. The normalized spacial score (nSPS) is 11.0. The van der Waals surface area contributed by atoms with Crippen molar-refractivity contribution in [3.05, 3.63) is 78.4 Å². The summed E-state index contributed by atoms with van der Waals surface area (Å²) in [6.45, 7) is 4.25. The highest BCUT2D eigenvalue weighted by atomic mass is 32.2. The molecular formula is C21H20N4S. The van der Waals surface area contributed by atoms with E-state index in [1.54, 1.807) is 18.0 Å². The number of hydrogen-bond donors (Lipinski definition) is 0. The predicted octanol–water partition coefficient (Wildman–Crippen LogP) is 5.06. The molecule has 0 unspecified atom stereocenters. The first-order valence-corrected chi connectivity index (χ1v) is 9.70. The number of aromatic nitrogens is 4. The van der Waals surface area contributed by atoms with Crippen molar-refractivity contribution >= 4 is 11.8 Å². The molecule has 2 aromatic heterocycles. The van der Waals surface area contributed by atoms with Crippen LogP contribution in [0.5, 0.6) is 0 Å². The molecular weight excluding hydrogens is 340 g/mol. The fraction of sp³-hybridized carbons (Fsp3) is 0.143. The van der Waals surface area contributed by atoms with Crippen LogP contribution < -0.4 is 0 Å². The van der Waals surface area contributed by atoms with E-state index in [2.05, 4.69) is 72.2 Å². The van der Waals surface area contributed by atoms with Gasteiger partial charge in [-0.05, 0) is 31.7 Å². The number of nitrogens with zero attached hydrogens (tertiary/aromatic N) is 4. The summed E-state index contributed by atoms with van der Waals surface area (Å²) in [5.74, 6) is 0. The minimum Gasteiger partial charge on any atom is -0.302 e. The van der Waals surface area contributed by atoms with Gasteiger partial charge in [-0.3, -0.25) is 0 Å². The fourth-order valence-corrected chi connectivity index (χ4v) is 3.78. The lowest BCUT2D eigenvalue weighted by Crippen LogP contribution is -2.03. The maximum absolute atomic E-state index is 4.95. The minimum atomic E-state index is 0.974. The maximum Gasteiger partial charge on any atom is 0.143 e. The van der Waals surface area contributed by atoms with Crippen LogP contribution in [-0.2, 0) is 0 Å². The summed E-state index contributed by atoms with van der Waals surface area (Å²) in [6, 6.07) is 16.9. The Labute approximate surface area is 157 Å². The molecule has 2 aromatic carbocycles. The van der Waals surface area contributed by atoms with Crippen LogP contribution in [0, 0.1) is 13.8 Å². The second-order valence-electron chi connectivity index (χ2n) is 6.24. The summed E-state index contributed by atoms with van der Waals surface area (Å²) in [5, 5.41) is 5.93. The van der Waals surface area contributed by atoms with Crippen molar-refractivity contribution in [2.75, 3.05) is 6.26 Å². The lowest BCUT2D eigenvalue weighted by atomic mass is 10.1. The molecule has 0 aliphatic carbocycles. The number of thioether (sulfide) groups is 1. The molecule has 0 aliphatic heterocycles. The van der Waals surface area contributed by atoms with Gasteiger partial charge >= 0.3 is 0 Å². The molecule has 26 heavy (non-hydrogen) atoms. The third-order valence-corrected chi connectivity index (χ3v) is 5.07. The van der Waals surface area contributed by atoms with Gasteiger partial charge in [-0.25, -0.2) is 9.67 Å². The number of imidazole rings is 1. The molecule has 0 spiro atoms. The van der Waals surface area contributed by atoms with E-state index in [0.29, 0.717) is 0 Å². The average Bonchev–Trinajstić information content (AvgIpc) is 3.29.